The van der Waals surface area contributed by atoms with Crippen LogP contribution in [0.25, 0.3) is 0 Å². The van der Waals surface area contributed by atoms with Crippen molar-refractivity contribution in [3.63, 3.8) is 0 Å². The van der Waals surface area contributed by atoms with Crippen LogP contribution in [-0.4, -0.2) is 55.5 Å². The predicted molar refractivity (Wildman–Crippen MR) is 124 cm³/mol. The average Bonchev–Trinajstić information content (AvgIpc) is 2.87. The van der Waals surface area contributed by atoms with Gasteiger partial charge in [0.2, 0.25) is 17.8 Å². The molecule has 0 aliphatic carbocycles. The second kappa shape index (κ2) is 10.6. The van der Waals surface area contributed by atoms with Gasteiger partial charge in [-0.05, 0) is 35.4 Å². The van der Waals surface area contributed by atoms with E-state index in [-0.39, 0.29) is 0 Å². The fourth-order valence-corrected chi connectivity index (χ4v) is 3.28. The first-order chi connectivity index (χ1) is 15.7. The molecule has 9 heteroatoms. The molecule has 32 heavy (non-hydrogen) atoms. The molecule has 0 unspecified atom stereocenters. The molecule has 2 N–H and O–H groups in total. The van der Waals surface area contributed by atoms with Gasteiger partial charge in [-0.2, -0.15) is 15.0 Å². The van der Waals surface area contributed by atoms with E-state index >= 15 is 0 Å². The number of hydrogen-bond acceptors (Lipinski definition) is 9. The third kappa shape index (κ3) is 5.76. The Kier molecular flexibility index (Phi) is 7.19. The fraction of sp³-hybridized carbons (Fsp3) is 0.348. The van der Waals surface area contributed by atoms with Crippen molar-refractivity contribution in [3.8, 4) is 11.5 Å². The van der Waals surface area contributed by atoms with Crippen LogP contribution in [0.4, 0.5) is 17.8 Å². The van der Waals surface area contributed by atoms with Crippen molar-refractivity contribution >= 4 is 17.8 Å². The van der Waals surface area contributed by atoms with E-state index in [2.05, 4.69) is 30.5 Å². The Bertz CT molecular complexity index is 922. The van der Waals surface area contributed by atoms with Crippen molar-refractivity contribution in [2.45, 2.75) is 13.1 Å². The summed E-state index contributed by atoms with van der Waals surface area (Å²) in [7, 11) is 3.32. The molecule has 0 bridgehead atoms. The Morgan fingerprint density at radius 3 is 1.66 bits per heavy atom. The van der Waals surface area contributed by atoms with Crippen LogP contribution in [-0.2, 0) is 17.8 Å². The van der Waals surface area contributed by atoms with Crippen LogP contribution in [0.1, 0.15) is 11.1 Å². The van der Waals surface area contributed by atoms with Gasteiger partial charge in [-0.1, -0.05) is 24.3 Å². The van der Waals surface area contributed by atoms with Gasteiger partial charge in [0.05, 0.1) is 27.4 Å². The van der Waals surface area contributed by atoms with Gasteiger partial charge < -0.3 is 29.7 Å². The molecule has 0 radical (unpaired) electrons. The van der Waals surface area contributed by atoms with Crippen LogP contribution >= 0.6 is 0 Å². The summed E-state index contributed by atoms with van der Waals surface area (Å²) >= 11 is 0. The summed E-state index contributed by atoms with van der Waals surface area (Å²) < 4.78 is 15.9. The zero-order valence-corrected chi connectivity index (χ0v) is 18.4. The highest BCUT2D eigenvalue weighted by Crippen LogP contribution is 2.18. The number of ether oxygens (including phenoxy) is 3. The molecule has 0 saturated carbocycles. The molecule has 2 heterocycles. The monoisotopic (exact) mass is 436 g/mol. The molecule has 3 aromatic rings. The van der Waals surface area contributed by atoms with Crippen molar-refractivity contribution in [2.75, 3.05) is 56.1 Å². The van der Waals surface area contributed by atoms with Crippen molar-refractivity contribution in [2.24, 2.45) is 0 Å². The van der Waals surface area contributed by atoms with E-state index in [1.54, 1.807) is 14.2 Å². The number of benzene rings is 2. The summed E-state index contributed by atoms with van der Waals surface area (Å²) in [5, 5.41) is 6.63. The lowest BCUT2D eigenvalue weighted by molar-refractivity contribution is 0.122. The molecule has 1 saturated heterocycles. The zero-order valence-electron chi connectivity index (χ0n) is 18.4. The highest BCUT2D eigenvalue weighted by atomic mass is 16.5. The maximum atomic E-state index is 5.47. The Morgan fingerprint density at radius 2 is 1.22 bits per heavy atom. The van der Waals surface area contributed by atoms with Crippen LogP contribution in [0.15, 0.2) is 48.5 Å². The molecule has 4 rings (SSSR count). The largest absolute Gasteiger partial charge is 0.497 e. The SMILES string of the molecule is COc1ccc(CNc2nc(NCc3ccc(OC)cc3)nc(N3CCOCC3)n2)cc1. The smallest absolute Gasteiger partial charge is 0.232 e. The van der Waals surface area contributed by atoms with Gasteiger partial charge in [0.25, 0.3) is 0 Å². The average molecular weight is 437 g/mol. The lowest BCUT2D eigenvalue weighted by atomic mass is 10.2. The number of anilines is 3. The summed E-state index contributed by atoms with van der Waals surface area (Å²) in [4.78, 5) is 16.0. The highest BCUT2D eigenvalue weighted by Gasteiger charge is 2.16. The summed E-state index contributed by atoms with van der Waals surface area (Å²) in [5.74, 6) is 3.34. The normalized spacial score (nSPS) is 13.5. The third-order valence-electron chi connectivity index (χ3n) is 5.14. The first-order valence-electron chi connectivity index (χ1n) is 10.6. The molecule has 0 spiro atoms. The van der Waals surface area contributed by atoms with Crippen molar-refractivity contribution in [1.82, 2.24) is 15.0 Å². The van der Waals surface area contributed by atoms with E-state index in [0.29, 0.717) is 44.1 Å². The summed E-state index contributed by atoms with van der Waals surface area (Å²) in [5.41, 5.74) is 2.21. The number of nitrogens with one attached hydrogen (secondary N) is 2. The van der Waals surface area contributed by atoms with Crippen LogP contribution in [0.3, 0.4) is 0 Å². The van der Waals surface area contributed by atoms with Crippen LogP contribution < -0.4 is 25.0 Å². The topological polar surface area (TPSA) is 93.7 Å². The van der Waals surface area contributed by atoms with E-state index in [0.717, 1.165) is 35.7 Å². The Labute approximate surface area is 187 Å². The molecule has 2 aromatic carbocycles. The zero-order chi connectivity index (χ0) is 22.2. The Hall–Kier alpha value is -3.59. The van der Waals surface area contributed by atoms with Crippen LogP contribution in [0.2, 0.25) is 0 Å². The quantitative estimate of drug-likeness (QED) is 0.525. The molecule has 1 fully saturated rings. The second-order valence-electron chi connectivity index (χ2n) is 7.29. The van der Waals surface area contributed by atoms with E-state index < -0.39 is 0 Å². The molecule has 9 nitrogen and oxygen atoms in total. The third-order valence-corrected chi connectivity index (χ3v) is 5.14. The number of morpholine rings is 1. The van der Waals surface area contributed by atoms with Crippen molar-refractivity contribution in [3.05, 3.63) is 59.7 Å². The molecular formula is C23H28N6O3. The fourth-order valence-electron chi connectivity index (χ4n) is 3.28. The maximum absolute atomic E-state index is 5.47. The minimum Gasteiger partial charge on any atom is -0.497 e. The van der Waals surface area contributed by atoms with Crippen LogP contribution in [0, 0.1) is 0 Å². The van der Waals surface area contributed by atoms with E-state index in [1.165, 1.54) is 0 Å². The molecule has 1 aromatic heterocycles. The number of aromatic nitrogens is 3. The van der Waals surface area contributed by atoms with E-state index in [9.17, 15) is 0 Å². The predicted octanol–water partition coefficient (Wildman–Crippen LogP) is 2.95. The molecule has 1 aliphatic rings. The summed E-state index contributed by atoms with van der Waals surface area (Å²) in [6.07, 6.45) is 0. The maximum Gasteiger partial charge on any atom is 0.232 e. The van der Waals surface area contributed by atoms with Gasteiger partial charge >= 0.3 is 0 Å². The van der Waals surface area contributed by atoms with Crippen LogP contribution in [0.5, 0.6) is 11.5 Å². The summed E-state index contributed by atoms with van der Waals surface area (Å²) in [6.45, 7) is 4.01. The van der Waals surface area contributed by atoms with Gasteiger partial charge in [-0.15, -0.1) is 0 Å². The molecule has 0 amide bonds. The van der Waals surface area contributed by atoms with Gasteiger partial charge in [0.15, 0.2) is 0 Å². The molecule has 168 valence electrons. The van der Waals surface area contributed by atoms with E-state index in [1.807, 2.05) is 48.5 Å². The lowest BCUT2D eigenvalue weighted by Gasteiger charge is -2.27. The molecule has 0 atom stereocenters. The minimum atomic E-state index is 0.523. The number of rotatable bonds is 9. The van der Waals surface area contributed by atoms with Crippen molar-refractivity contribution < 1.29 is 14.2 Å². The number of hydrogen-bond donors (Lipinski definition) is 2. The Balaban J connectivity index is 1.48. The number of methoxy groups -OCH3 is 2. The lowest BCUT2D eigenvalue weighted by Crippen LogP contribution is -2.37. The standard InChI is InChI=1S/C23H28N6O3/c1-30-19-7-3-17(4-8-19)15-24-21-26-22(25-16-18-5-9-20(31-2)10-6-18)28-23(27-21)29-11-13-32-14-12-29/h3-10H,11-16H2,1-2H3,(H2,24,25,26,27,28). The van der Waals surface area contributed by atoms with Gasteiger partial charge in [0.1, 0.15) is 11.5 Å². The van der Waals surface area contributed by atoms with Gasteiger partial charge in [-0.3, -0.25) is 0 Å². The summed E-state index contributed by atoms with van der Waals surface area (Å²) in [6, 6.07) is 15.8. The first kappa shape index (κ1) is 21.6. The Morgan fingerprint density at radius 1 is 0.750 bits per heavy atom. The van der Waals surface area contributed by atoms with Crippen molar-refractivity contribution in [1.29, 1.82) is 0 Å². The second-order valence-corrected chi connectivity index (χ2v) is 7.29. The molecule has 1 aliphatic heterocycles. The molecular weight excluding hydrogens is 408 g/mol. The number of nitrogens with zero attached hydrogens (tertiary/aromatic N) is 4. The van der Waals surface area contributed by atoms with E-state index in [4.69, 9.17) is 14.2 Å². The minimum absolute atomic E-state index is 0.523. The first-order valence-corrected chi connectivity index (χ1v) is 10.6. The van der Waals surface area contributed by atoms with Gasteiger partial charge in [-0.25, -0.2) is 0 Å². The van der Waals surface area contributed by atoms with Gasteiger partial charge in [0, 0.05) is 26.2 Å². The highest BCUT2D eigenvalue weighted by molar-refractivity contribution is 5.45.